The number of β-amino-alcohol motifs (C(OH)–C–C–N with tert-alkyl or cyclic N) is 1. The van der Waals surface area contributed by atoms with Gasteiger partial charge in [-0.1, -0.05) is 18.2 Å². The lowest BCUT2D eigenvalue weighted by Gasteiger charge is -2.37. The summed E-state index contributed by atoms with van der Waals surface area (Å²) in [5.41, 5.74) is -1.10. The Balaban J connectivity index is 2.25. The molecule has 0 amide bonds. The van der Waals surface area contributed by atoms with Crippen LogP contribution in [0.5, 0.6) is 0 Å². The quantitative estimate of drug-likeness (QED) is 0.847. The average Bonchev–Trinajstić information content (AvgIpc) is 2.40. The highest BCUT2D eigenvalue weighted by molar-refractivity contribution is 7.89. The second kappa shape index (κ2) is 5.33. The van der Waals surface area contributed by atoms with Crippen LogP contribution in [0.3, 0.4) is 0 Å². The summed E-state index contributed by atoms with van der Waals surface area (Å²) in [5.74, 6) is 2.42. The van der Waals surface area contributed by atoms with Crippen molar-refractivity contribution in [3.63, 3.8) is 0 Å². The van der Waals surface area contributed by atoms with Crippen molar-refractivity contribution in [2.24, 2.45) is 0 Å². The second-order valence-electron chi connectivity index (χ2n) is 4.86. The average molecular weight is 279 g/mol. The van der Waals surface area contributed by atoms with E-state index in [0.717, 1.165) is 0 Å². The molecule has 1 aromatic rings. The number of terminal acetylenes is 1. The maximum Gasteiger partial charge on any atom is 0.243 e. The fraction of sp³-hybridized carbons (Fsp3) is 0.429. The highest BCUT2D eigenvalue weighted by Crippen LogP contribution is 2.28. The second-order valence-corrected chi connectivity index (χ2v) is 6.80. The zero-order valence-corrected chi connectivity index (χ0v) is 11.4. The van der Waals surface area contributed by atoms with Crippen molar-refractivity contribution in [1.82, 2.24) is 4.31 Å². The molecule has 1 aromatic carbocycles. The Labute approximate surface area is 114 Å². The highest BCUT2D eigenvalue weighted by Gasteiger charge is 2.38. The van der Waals surface area contributed by atoms with Gasteiger partial charge in [-0.05, 0) is 25.0 Å². The van der Waals surface area contributed by atoms with Crippen molar-refractivity contribution in [2.75, 3.05) is 13.1 Å². The third-order valence-electron chi connectivity index (χ3n) is 3.33. The van der Waals surface area contributed by atoms with Crippen LogP contribution in [0.4, 0.5) is 0 Å². The van der Waals surface area contributed by atoms with E-state index in [1.54, 1.807) is 30.3 Å². The normalized spacial score (nSPS) is 24.8. The summed E-state index contributed by atoms with van der Waals surface area (Å²) in [5, 5.41) is 10.3. The molecule has 4 nitrogen and oxygen atoms in total. The van der Waals surface area contributed by atoms with Gasteiger partial charge in [0.2, 0.25) is 10.0 Å². The molecule has 1 atom stereocenters. The molecule has 2 rings (SSSR count). The molecule has 1 unspecified atom stereocenters. The maximum absolute atomic E-state index is 12.4. The van der Waals surface area contributed by atoms with E-state index in [2.05, 4.69) is 5.92 Å². The molecule has 1 aliphatic heterocycles. The molecule has 0 saturated carbocycles. The summed E-state index contributed by atoms with van der Waals surface area (Å²) in [6, 6.07) is 8.26. The monoisotopic (exact) mass is 279 g/mol. The first-order valence-corrected chi connectivity index (χ1v) is 7.63. The van der Waals surface area contributed by atoms with E-state index in [1.807, 2.05) is 0 Å². The molecule has 0 aliphatic carbocycles. The van der Waals surface area contributed by atoms with Gasteiger partial charge >= 0.3 is 0 Å². The minimum absolute atomic E-state index is 0.0639. The zero-order valence-electron chi connectivity index (χ0n) is 10.6. The fourth-order valence-electron chi connectivity index (χ4n) is 2.35. The molecule has 19 heavy (non-hydrogen) atoms. The topological polar surface area (TPSA) is 57.6 Å². The number of sulfonamides is 1. The number of rotatable bonds is 3. The van der Waals surface area contributed by atoms with Gasteiger partial charge in [-0.25, -0.2) is 8.42 Å². The van der Waals surface area contributed by atoms with E-state index >= 15 is 0 Å². The van der Waals surface area contributed by atoms with Crippen LogP contribution in [0, 0.1) is 12.3 Å². The van der Waals surface area contributed by atoms with Crippen LogP contribution in [0.15, 0.2) is 35.2 Å². The molecule has 0 aromatic heterocycles. The standard InChI is InChI=1S/C14H17NO3S/c1-2-9-14(16)10-6-11-15(12-14)19(17,18)13-7-4-3-5-8-13/h1,3-5,7-8,16H,6,9-12H2. The molecular weight excluding hydrogens is 262 g/mol. The molecule has 0 spiro atoms. The molecule has 1 N–H and O–H groups in total. The summed E-state index contributed by atoms with van der Waals surface area (Å²) in [6.07, 6.45) is 6.56. The lowest BCUT2D eigenvalue weighted by atomic mass is 9.91. The van der Waals surface area contributed by atoms with Crippen molar-refractivity contribution >= 4 is 10.0 Å². The first kappa shape index (κ1) is 14.1. The SMILES string of the molecule is C#CCC1(O)CCCN(S(=O)(=O)c2ccccc2)C1. The van der Waals surface area contributed by atoms with E-state index in [4.69, 9.17) is 6.42 Å². The van der Waals surface area contributed by atoms with Crippen molar-refractivity contribution in [3.05, 3.63) is 30.3 Å². The number of nitrogens with zero attached hydrogens (tertiary/aromatic N) is 1. The lowest BCUT2D eigenvalue weighted by Crippen LogP contribution is -2.50. The van der Waals surface area contributed by atoms with Crippen molar-refractivity contribution < 1.29 is 13.5 Å². The highest BCUT2D eigenvalue weighted by atomic mass is 32.2. The van der Waals surface area contributed by atoms with Crippen LogP contribution < -0.4 is 0 Å². The Kier molecular flexibility index (Phi) is 3.95. The van der Waals surface area contributed by atoms with Gasteiger partial charge < -0.3 is 5.11 Å². The summed E-state index contributed by atoms with van der Waals surface area (Å²) in [6.45, 7) is 0.485. The smallest absolute Gasteiger partial charge is 0.243 e. The van der Waals surface area contributed by atoms with E-state index in [-0.39, 0.29) is 17.9 Å². The molecular formula is C14H17NO3S. The van der Waals surface area contributed by atoms with Crippen molar-refractivity contribution in [1.29, 1.82) is 0 Å². The van der Waals surface area contributed by atoms with Crippen LogP contribution >= 0.6 is 0 Å². The zero-order chi connectivity index (χ0) is 13.9. The molecule has 102 valence electrons. The van der Waals surface area contributed by atoms with Gasteiger partial charge in [0.15, 0.2) is 0 Å². The van der Waals surface area contributed by atoms with Gasteiger partial charge in [0.05, 0.1) is 10.5 Å². The number of benzene rings is 1. The van der Waals surface area contributed by atoms with Gasteiger partial charge in [0.1, 0.15) is 0 Å². The maximum atomic E-state index is 12.4. The van der Waals surface area contributed by atoms with Crippen LogP contribution in [-0.4, -0.2) is 36.5 Å². The van der Waals surface area contributed by atoms with Gasteiger partial charge in [-0.15, -0.1) is 12.3 Å². The number of hydrogen-bond donors (Lipinski definition) is 1. The summed E-state index contributed by atoms with van der Waals surface area (Å²) in [7, 11) is -3.55. The van der Waals surface area contributed by atoms with Gasteiger partial charge in [0, 0.05) is 19.5 Å². The Morgan fingerprint density at radius 1 is 1.37 bits per heavy atom. The van der Waals surface area contributed by atoms with Gasteiger partial charge in [0.25, 0.3) is 0 Å². The number of piperidine rings is 1. The third-order valence-corrected chi connectivity index (χ3v) is 5.19. The van der Waals surface area contributed by atoms with E-state index in [9.17, 15) is 13.5 Å². The minimum Gasteiger partial charge on any atom is -0.388 e. The van der Waals surface area contributed by atoms with Crippen molar-refractivity contribution in [2.45, 2.75) is 29.8 Å². The fourth-order valence-corrected chi connectivity index (χ4v) is 3.93. The Hall–Kier alpha value is -1.35. The first-order chi connectivity index (χ1) is 8.98. The Morgan fingerprint density at radius 3 is 2.68 bits per heavy atom. The molecule has 0 radical (unpaired) electrons. The molecule has 1 saturated heterocycles. The summed E-state index contributed by atoms with van der Waals surface area (Å²) < 4.78 is 26.2. The van der Waals surface area contributed by atoms with Crippen LogP contribution in [-0.2, 0) is 10.0 Å². The molecule has 1 aliphatic rings. The van der Waals surface area contributed by atoms with Gasteiger partial charge in [-0.3, -0.25) is 0 Å². The van der Waals surface area contributed by atoms with Crippen LogP contribution in [0.2, 0.25) is 0 Å². The Bertz CT molecular complexity index is 576. The predicted molar refractivity (Wildman–Crippen MR) is 72.8 cm³/mol. The van der Waals surface area contributed by atoms with E-state index in [1.165, 1.54) is 4.31 Å². The molecule has 0 bridgehead atoms. The molecule has 5 heteroatoms. The van der Waals surface area contributed by atoms with E-state index in [0.29, 0.717) is 19.4 Å². The summed E-state index contributed by atoms with van der Waals surface area (Å²) >= 11 is 0. The lowest BCUT2D eigenvalue weighted by molar-refractivity contribution is -0.00307. The number of aliphatic hydroxyl groups is 1. The molecule has 1 fully saturated rings. The van der Waals surface area contributed by atoms with Crippen molar-refractivity contribution in [3.8, 4) is 12.3 Å². The first-order valence-electron chi connectivity index (χ1n) is 6.19. The third kappa shape index (κ3) is 2.98. The largest absolute Gasteiger partial charge is 0.388 e. The van der Waals surface area contributed by atoms with Crippen LogP contribution in [0.1, 0.15) is 19.3 Å². The number of hydrogen-bond acceptors (Lipinski definition) is 3. The molecule has 1 heterocycles. The summed E-state index contributed by atoms with van der Waals surface area (Å²) in [4.78, 5) is 0.250. The van der Waals surface area contributed by atoms with Gasteiger partial charge in [-0.2, -0.15) is 4.31 Å². The predicted octanol–water partition coefficient (Wildman–Crippen LogP) is 1.23. The van der Waals surface area contributed by atoms with E-state index < -0.39 is 15.6 Å². The van der Waals surface area contributed by atoms with Crippen LogP contribution in [0.25, 0.3) is 0 Å². The minimum atomic E-state index is -3.55. The Morgan fingerprint density at radius 2 is 2.05 bits per heavy atom.